The van der Waals surface area contributed by atoms with Gasteiger partial charge >= 0.3 is 0 Å². The Hall–Kier alpha value is -1.03. The maximum Gasteiger partial charge on any atom is 0.125 e. The van der Waals surface area contributed by atoms with Crippen LogP contribution in [-0.4, -0.2) is 16.3 Å². The standard InChI is InChI=1S/C11H20N4/c12-7-6-9-8-14-15(11(9)13)10-4-2-1-3-5-10/h8,10H,1-7,12-13H2. The minimum atomic E-state index is 0.519. The summed E-state index contributed by atoms with van der Waals surface area (Å²) in [6, 6.07) is 0.519. The van der Waals surface area contributed by atoms with E-state index in [1.54, 1.807) is 0 Å². The molecule has 0 unspecified atom stereocenters. The third kappa shape index (κ3) is 2.15. The highest BCUT2D eigenvalue weighted by Gasteiger charge is 2.18. The predicted octanol–water partition coefficient (Wildman–Crippen LogP) is 1.47. The maximum absolute atomic E-state index is 6.07. The summed E-state index contributed by atoms with van der Waals surface area (Å²) >= 11 is 0. The molecule has 84 valence electrons. The summed E-state index contributed by atoms with van der Waals surface area (Å²) in [5.41, 5.74) is 12.7. The number of hydrogen-bond acceptors (Lipinski definition) is 3. The van der Waals surface area contributed by atoms with Crippen LogP contribution in [0, 0.1) is 0 Å². The van der Waals surface area contributed by atoms with Gasteiger partial charge in [0, 0.05) is 5.56 Å². The van der Waals surface area contributed by atoms with Crippen LogP contribution in [0.2, 0.25) is 0 Å². The summed E-state index contributed by atoms with van der Waals surface area (Å²) in [6.07, 6.45) is 9.09. The molecule has 0 amide bonds. The van der Waals surface area contributed by atoms with E-state index in [2.05, 4.69) is 5.10 Å². The van der Waals surface area contributed by atoms with Crippen molar-refractivity contribution < 1.29 is 0 Å². The quantitative estimate of drug-likeness (QED) is 0.790. The molecule has 0 spiro atoms. The summed E-state index contributed by atoms with van der Waals surface area (Å²) in [5.74, 6) is 0.826. The predicted molar refractivity (Wildman–Crippen MR) is 61.5 cm³/mol. The largest absolute Gasteiger partial charge is 0.384 e. The molecule has 1 aliphatic rings. The molecule has 4 N–H and O–H groups in total. The maximum atomic E-state index is 6.07. The van der Waals surface area contributed by atoms with Crippen molar-refractivity contribution in [3.8, 4) is 0 Å². The monoisotopic (exact) mass is 208 g/mol. The number of nitrogens with zero attached hydrogens (tertiary/aromatic N) is 2. The first kappa shape index (κ1) is 10.5. The molecule has 0 bridgehead atoms. The van der Waals surface area contributed by atoms with Crippen molar-refractivity contribution in [3.63, 3.8) is 0 Å². The Bertz CT molecular complexity index is 312. The molecule has 4 heteroatoms. The van der Waals surface area contributed by atoms with E-state index < -0.39 is 0 Å². The van der Waals surface area contributed by atoms with Gasteiger partial charge in [-0.05, 0) is 25.8 Å². The van der Waals surface area contributed by atoms with Gasteiger partial charge in [-0.1, -0.05) is 19.3 Å². The van der Waals surface area contributed by atoms with E-state index in [0.29, 0.717) is 12.6 Å². The second kappa shape index (κ2) is 4.66. The van der Waals surface area contributed by atoms with Crippen LogP contribution in [0.5, 0.6) is 0 Å². The molecule has 0 saturated heterocycles. The highest BCUT2D eigenvalue weighted by molar-refractivity contribution is 5.39. The Morgan fingerprint density at radius 1 is 1.33 bits per heavy atom. The molecule has 1 aliphatic carbocycles. The fraction of sp³-hybridized carbons (Fsp3) is 0.727. The molecule has 1 fully saturated rings. The summed E-state index contributed by atoms with van der Waals surface area (Å²) in [7, 11) is 0. The molecule has 0 atom stereocenters. The third-order valence-electron chi connectivity index (χ3n) is 3.25. The van der Waals surface area contributed by atoms with E-state index in [-0.39, 0.29) is 0 Å². The third-order valence-corrected chi connectivity index (χ3v) is 3.25. The van der Waals surface area contributed by atoms with E-state index in [0.717, 1.165) is 17.8 Å². The van der Waals surface area contributed by atoms with E-state index in [1.165, 1.54) is 32.1 Å². The lowest BCUT2D eigenvalue weighted by molar-refractivity contribution is 0.333. The van der Waals surface area contributed by atoms with Crippen LogP contribution in [0.25, 0.3) is 0 Å². The first-order valence-corrected chi connectivity index (χ1v) is 5.85. The van der Waals surface area contributed by atoms with Gasteiger partial charge in [-0.3, -0.25) is 0 Å². The lowest BCUT2D eigenvalue weighted by Gasteiger charge is -2.23. The van der Waals surface area contributed by atoms with Gasteiger partial charge in [0.05, 0.1) is 12.2 Å². The average molecular weight is 208 g/mol. The molecule has 0 aromatic carbocycles. The number of nitrogens with two attached hydrogens (primary N) is 2. The number of hydrogen-bond donors (Lipinski definition) is 2. The van der Waals surface area contributed by atoms with Gasteiger partial charge < -0.3 is 11.5 Å². The minimum Gasteiger partial charge on any atom is -0.384 e. The molecule has 0 aliphatic heterocycles. The molecule has 4 nitrogen and oxygen atoms in total. The van der Waals surface area contributed by atoms with Crippen molar-refractivity contribution in [1.82, 2.24) is 9.78 Å². The molecule has 1 saturated carbocycles. The highest BCUT2D eigenvalue weighted by Crippen LogP contribution is 2.30. The number of nitrogen functional groups attached to an aromatic ring is 1. The van der Waals surface area contributed by atoms with Gasteiger partial charge in [0.25, 0.3) is 0 Å². The van der Waals surface area contributed by atoms with Gasteiger partial charge in [-0.2, -0.15) is 5.10 Å². The van der Waals surface area contributed by atoms with Crippen molar-refractivity contribution in [3.05, 3.63) is 11.8 Å². The summed E-state index contributed by atoms with van der Waals surface area (Å²) in [4.78, 5) is 0. The van der Waals surface area contributed by atoms with Crippen molar-refractivity contribution in [2.45, 2.75) is 44.6 Å². The van der Waals surface area contributed by atoms with Gasteiger partial charge in [-0.25, -0.2) is 4.68 Å². The van der Waals surface area contributed by atoms with Gasteiger partial charge in [0.2, 0.25) is 0 Å². The molecule has 1 aromatic rings. The van der Waals surface area contributed by atoms with Crippen molar-refractivity contribution in [2.24, 2.45) is 5.73 Å². The van der Waals surface area contributed by atoms with E-state index in [1.807, 2.05) is 10.9 Å². The number of anilines is 1. The average Bonchev–Trinajstić information content (AvgIpc) is 2.63. The summed E-state index contributed by atoms with van der Waals surface area (Å²) in [6.45, 7) is 0.639. The Balaban J connectivity index is 2.13. The SMILES string of the molecule is NCCc1cnn(C2CCCCC2)c1N. The van der Waals surface area contributed by atoms with Crippen molar-refractivity contribution in [2.75, 3.05) is 12.3 Å². The Morgan fingerprint density at radius 3 is 2.73 bits per heavy atom. The van der Waals surface area contributed by atoms with Crippen LogP contribution >= 0.6 is 0 Å². The Morgan fingerprint density at radius 2 is 2.07 bits per heavy atom. The van der Waals surface area contributed by atoms with Crippen LogP contribution in [-0.2, 0) is 6.42 Å². The first-order valence-electron chi connectivity index (χ1n) is 5.85. The topological polar surface area (TPSA) is 69.9 Å². The lowest BCUT2D eigenvalue weighted by atomic mass is 9.95. The fourth-order valence-corrected chi connectivity index (χ4v) is 2.37. The van der Waals surface area contributed by atoms with Crippen LogP contribution in [0.3, 0.4) is 0 Å². The van der Waals surface area contributed by atoms with Crippen LogP contribution in [0.1, 0.15) is 43.7 Å². The molecule has 1 aromatic heterocycles. The van der Waals surface area contributed by atoms with Gasteiger partial charge in [0.1, 0.15) is 5.82 Å². The van der Waals surface area contributed by atoms with Gasteiger partial charge in [-0.15, -0.1) is 0 Å². The smallest absolute Gasteiger partial charge is 0.125 e. The highest BCUT2D eigenvalue weighted by atomic mass is 15.3. The molecule has 0 radical (unpaired) electrons. The second-order valence-corrected chi connectivity index (χ2v) is 4.33. The fourth-order valence-electron chi connectivity index (χ4n) is 2.37. The first-order chi connectivity index (χ1) is 7.33. The zero-order valence-electron chi connectivity index (χ0n) is 9.15. The molecular formula is C11H20N4. The molecular weight excluding hydrogens is 188 g/mol. The molecule has 2 rings (SSSR count). The summed E-state index contributed by atoms with van der Waals surface area (Å²) in [5, 5.41) is 4.39. The molecule has 1 heterocycles. The van der Waals surface area contributed by atoms with Crippen molar-refractivity contribution >= 4 is 5.82 Å². The lowest BCUT2D eigenvalue weighted by Crippen LogP contribution is -2.16. The Kier molecular flexibility index (Phi) is 3.26. The van der Waals surface area contributed by atoms with Crippen molar-refractivity contribution in [1.29, 1.82) is 0 Å². The Labute approximate surface area is 90.6 Å². The number of aromatic nitrogens is 2. The number of rotatable bonds is 3. The zero-order valence-corrected chi connectivity index (χ0v) is 9.15. The van der Waals surface area contributed by atoms with Crippen LogP contribution < -0.4 is 11.5 Å². The second-order valence-electron chi connectivity index (χ2n) is 4.33. The van der Waals surface area contributed by atoms with Crippen LogP contribution in [0.4, 0.5) is 5.82 Å². The minimum absolute atomic E-state index is 0.519. The van der Waals surface area contributed by atoms with E-state index in [9.17, 15) is 0 Å². The normalized spacial score (nSPS) is 18.2. The molecule has 15 heavy (non-hydrogen) atoms. The van der Waals surface area contributed by atoms with E-state index in [4.69, 9.17) is 11.5 Å². The van der Waals surface area contributed by atoms with E-state index >= 15 is 0 Å². The van der Waals surface area contributed by atoms with Gasteiger partial charge in [0.15, 0.2) is 0 Å². The summed E-state index contributed by atoms with van der Waals surface area (Å²) < 4.78 is 2.00. The van der Waals surface area contributed by atoms with Crippen LogP contribution in [0.15, 0.2) is 6.20 Å². The zero-order chi connectivity index (χ0) is 10.7.